The summed E-state index contributed by atoms with van der Waals surface area (Å²) in [7, 11) is 0. The maximum Gasteiger partial charge on any atom is 0.200 e. The number of aromatic hydroxyl groups is 4. The van der Waals surface area contributed by atoms with Crippen molar-refractivity contribution in [3.63, 3.8) is 0 Å². The summed E-state index contributed by atoms with van der Waals surface area (Å²) in [5, 5.41) is 78.7. The van der Waals surface area contributed by atoms with Crippen molar-refractivity contribution in [1.29, 1.82) is 0 Å². The first-order valence-electron chi connectivity index (χ1n) is 9.61. The van der Waals surface area contributed by atoms with Crippen LogP contribution < -0.4 is 5.43 Å². The lowest BCUT2D eigenvalue weighted by Crippen LogP contribution is -2.58. The molecule has 5 atom stereocenters. The largest absolute Gasteiger partial charge is 0.507 e. The van der Waals surface area contributed by atoms with Gasteiger partial charge in [-0.2, -0.15) is 0 Å². The van der Waals surface area contributed by atoms with Crippen molar-refractivity contribution in [1.82, 2.24) is 0 Å². The van der Waals surface area contributed by atoms with Gasteiger partial charge in [-0.3, -0.25) is 4.79 Å². The molecule has 1 aromatic carbocycles. The Hall–Kier alpha value is -3.39. The molecular formula is C21H20O12. The summed E-state index contributed by atoms with van der Waals surface area (Å²) in [5.74, 6) is -2.58. The van der Waals surface area contributed by atoms with Crippen LogP contribution in [0.1, 0.15) is 5.56 Å². The number of phenols is 4. The van der Waals surface area contributed by atoms with E-state index >= 15 is 0 Å². The quantitative estimate of drug-likeness (QED) is 0.230. The van der Waals surface area contributed by atoms with Gasteiger partial charge < -0.3 is 54.7 Å². The molecule has 33 heavy (non-hydrogen) atoms. The number of hydrogen-bond acceptors (Lipinski definition) is 12. The van der Waals surface area contributed by atoms with Gasteiger partial charge in [-0.25, -0.2) is 0 Å². The zero-order valence-corrected chi connectivity index (χ0v) is 16.7. The van der Waals surface area contributed by atoms with Gasteiger partial charge in [0, 0.05) is 23.3 Å². The SMILES string of the molecule is O=c1cc2oc(-c3cc(O)c(O)c(O)c3)c(CO[C@@H]3O[C@H](O)[C@@H](O)[C@H](O)[C@H]3O)cc-2c(O)c1. The van der Waals surface area contributed by atoms with E-state index in [0.717, 1.165) is 24.3 Å². The minimum Gasteiger partial charge on any atom is -0.507 e. The number of aliphatic hydroxyl groups excluding tert-OH is 4. The summed E-state index contributed by atoms with van der Waals surface area (Å²) in [5.41, 5.74) is -0.216. The van der Waals surface area contributed by atoms with Crippen molar-refractivity contribution in [2.45, 2.75) is 37.5 Å². The average Bonchev–Trinajstić information content (AvgIpc) is 2.76. The van der Waals surface area contributed by atoms with Crippen LogP contribution in [0.2, 0.25) is 0 Å². The molecule has 0 unspecified atom stereocenters. The Morgan fingerprint density at radius 2 is 1.48 bits per heavy atom. The van der Waals surface area contributed by atoms with E-state index < -0.39 is 65.9 Å². The van der Waals surface area contributed by atoms with Crippen molar-refractivity contribution in [3.8, 4) is 45.6 Å². The van der Waals surface area contributed by atoms with Crippen molar-refractivity contribution in [2.24, 2.45) is 0 Å². The molecule has 0 saturated carbocycles. The standard InChI is InChI=1S/C21H20O12/c22-9-4-11(23)10-1-8(6-31-21-18(29)16(27)17(28)20(30)33-21)19(32-14(10)5-9)7-2-12(24)15(26)13(25)3-7/h1-5,16-18,20-21,23-30H,6H2/t16-,17-,18+,20-,21+/m0/s1. The third-order valence-electron chi connectivity index (χ3n) is 5.20. The second-order valence-corrected chi connectivity index (χ2v) is 7.50. The summed E-state index contributed by atoms with van der Waals surface area (Å²) in [6.07, 6.45) is -8.64. The first kappa shape index (κ1) is 22.8. The van der Waals surface area contributed by atoms with Gasteiger partial charge in [0.2, 0.25) is 0 Å². The smallest absolute Gasteiger partial charge is 0.200 e. The van der Waals surface area contributed by atoms with Crippen molar-refractivity contribution in [2.75, 3.05) is 0 Å². The first-order valence-corrected chi connectivity index (χ1v) is 9.61. The number of benzene rings is 2. The topological polar surface area (TPSA) is 211 Å². The van der Waals surface area contributed by atoms with Gasteiger partial charge in [0.25, 0.3) is 0 Å². The highest BCUT2D eigenvalue weighted by Gasteiger charge is 2.43. The van der Waals surface area contributed by atoms with Crippen LogP contribution in [-0.2, 0) is 16.1 Å². The number of hydrogen-bond donors (Lipinski definition) is 8. The third-order valence-corrected chi connectivity index (χ3v) is 5.20. The molecule has 2 aliphatic heterocycles. The molecule has 176 valence electrons. The van der Waals surface area contributed by atoms with Crippen LogP contribution in [0.15, 0.2) is 39.5 Å². The van der Waals surface area contributed by atoms with Crippen LogP contribution in [0.3, 0.4) is 0 Å². The first-order chi connectivity index (χ1) is 15.6. The van der Waals surface area contributed by atoms with Crippen molar-refractivity contribution in [3.05, 3.63) is 46.1 Å². The van der Waals surface area contributed by atoms with Crippen LogP contribution in [0, 0.1) is 0 Å². The Bertz CT molecular complexity index is 1180. The van der Waals surface area contributed by atoms with Gasteiger partial charge in [-0.1, -0.05) is 0 Å². The predicted molar refractivity (Wildman–Crippen MR) is 107 cm³/mol. The molecule has 0 spiro atoms. The number of phenolic OH excluding ortho intramolecular Hbond substituents is 4. The molecule has 1 aromatic rings. The van der Waals surface area contributed by atoms with E-state index in [0.29, 0.717) is 0 Å². The molecular weight excluding hydrogens is 444 g/mol. The van der Waals surface area contributed by atoms with Crippen LogP contribution in [0.25, 0.3) is 22.6 Å². The van der Waals surface area contributed by atoms with E-state index in [1.807, 2.05) is 0 Å². The second kappa shape index (κ2) is 8.51. The fourth-order valence-electron chi connectivity index (χ4n) is 3.46. The summed E-state index contributed by atoms with van der Waals surface area (Å²) in [6, 6.07) is 5.58. The van der Waals surface area contributed by atoms with Gasteiger partial charge in [-0.05, 0) is 18.2 Å². The Morgan fingerprint density at radius 3 is 2.15 bits per heavy atom. The highest BCUT2D eigenvalue weighted by molar-refractivity contribution is 5.75. The monoisotopic (exact) mass is 464 g/mol. The van der Waals surface area contributed by atoms with Gasteiger partial charge in [0.1, 0.15) is 35.6 Å². The van der Waals surface area contributed by atoms with Gasteiger partial charge in [0.05, 0.1) is 12.2 Å². The van der Waals surface area contributed by atoms with Crippen LogP contribution in [0.4, 0.5) is 0 Å². The maximum atomic E-state index is 11.8. The van der Waals surface area contributed by atoms with Gasteiger partial charge >= 0.3 is 0 Å². The zero-order valence-electron chi connectivity index (χ0n) is 16.7. The van der Waals surface area contributed by atoms with E-state index in [1.165, 1.54) is 6.07 Å². The summed E-state index contributed by atoms with van der Waals surface area (Å²) in [4.78, 5) is 11.8. The Labute approximate surface area is 184 Å². The number of fused-ring (bicyclic) bond motifs is 1. The molecule has 12 heteroatoms. The lowest BCUT2D eigenvalue weighted by atomic mass is 10.0. The molecule has 0 amide bonds. The minimum absolute atomic E-state index is 0.0336. The molecule has 3 aliphatic rings. The van der Waals surface area contributed by atoms with Crippen LogP contribution in [0.5, 0.6) is 23.0 Å². The Balaban J connectivity index is 1.77. The molecule has 4 rings (SSSR count). The lowest BCUT2D eigenvalue weighted by molar-refractivity contribution is -0.342. The highest BCUT2D eigenvalue weighted by Crippen LogP contribution is 2.42. The zero-order chi connectivity index (χ0) is 24.0. The van der Waals surface area contributed by atoms with E-state index in [9.17, 15) is 45.6 Å². The molecule has 1 aliphatic carbocycles. The molecule has 0 aromatic heterocycles. The summed E-state index contributed by atoms with van der Waals surface area (Å²) in [6.45, 7) is -0.424. The van der Waals surface area contributed by atoms with E-state index in [1.54, 1.807) is 0 Å². The number of ether oxygens (including phenoxy) is 2. The third kappa shape index (κ3) is 4.18. The molecule has 0 bridgehead atoms. The van der Waals surface area contributed by atoms with E-state index in [2.05, 4.69) is 0 Å². The number of aliphatic hydroxyl groups is 4. The molecule has 1 saturated heterocycles. The summed E-state index contributed by atoms with van der Waals surface area (Å²) < 4.78 is 16.1. The van der Waals surface area contributed by atoms with Crippen LogP contribution in [-0.4, -0.2) is 71.7 Å². The number of rotatable bonds is 4. The van der Waals surface area contributed by atoms with Crippen molar-refractivity contribution < 1.29 is 54.7 Å². The molecule has 1 fully saturated rings. The summed E-state index contributed by atoms with van der Waals surface area (Å²) >= 11 is 0. The average molecular weight is 464 g/mol. The van der Waals surface area contributed by atoms with E-state index in [-0.39, 0.29) is 28.2 Å². The Kier molecular flexibility index (Phi) is 5.88. The van der Waals surface area contributed by atoms with Crippen LogP contribution >= 0.6 is 0 Å². The Morgan fingerprint density at radius 1 is 0.818 bits per heavy atom. The normalized spacial score (nSPS) is 25.4. The van der Waals surface area contributed by atoms with Gasteiger partial charge in [0.15, 0.2) is 35.3 Å². The minimum atomic E-state index is -1.83. The fourth-order valence-corrected chi connectivity index (χ4v) is 3.46. The second-order valence-electron chi connectivity index (χ2n) is 7.50. The lowest BCUT2D eigenvalue weighted by Gasteiger charge is -2.37. The van der Waals surface area contributed by atoms with Gasteiger partial charge in [-0.15, -0.1) is 0 Å². The molecule has 2 heterocycles. The van der Waals surface area contributed by atoms with E-state index in [4.69, 9.17) is 13.9 Å². The fraction of sp³-hybridized carbons (Fsp3) is 0.286. The molecule has 12 nitrogen and oxygen atoms in total. The highest BCUT2D eigenvalue weighted by atomic mass is 16.7. The molecule has 0 radical (unpaired) electrons. The predicted octanol–water partition coefficient (Wildman–Crippen LogP) is -0.492. The van der Waals surface area contributed by atoms with Crippen molar-refractivity contribution >= 4 is 0 Å². The molecule has 8 N–H and O–H groups in total. The maximum absolute atomic E-state index is 11.8.